The third-order valence-corrected chi connectivity index (χ3v) is 2.73. The highest BCUT2D eigenvalue weighted by Crippen LogP contribution is 2.41. The number of methoxy groups -OCH3 is 1. The molecule has 0 amide bonds. The van der Waals surface area contributed by atoms with Crippen LogP contribution in [0.1, 0.15) is 31.0 Å². The number of hydrogen-bond donors (Lipinski definition) is 2. The van der Waals surface area contributed by atoms with Crippen molar-refractivity contribution in [1.29, 1.82) is 0 Å². The topological polar surface area (TPSA) is 55.5 Å². The summed E-state index contributed by atoms with van der Waals surface area (Å²) in [6.07, 6.45) is 0.781. The number of hydrogen-bond acceptors (Lipinski definition) is 3. The van der Waals surface area contributed by atoms with Gasteiger partial charge in [0.25, 0.3) is 0 Å². The van der Waals surface area contributed by atoms with Gasteiger partial charge in [0.15, 0.2) is 0 Å². The zero-order chi connectivity index (χ0) is 11.6. The predicted octanol–water partition coefficient (Wildman–Crippen LogP) is 2.64. The fourth-order valence-corrected chi connectivity index (χ4v) is 1.83. The van der Waals surface area contributed by atoms with Gasteiger partial charge in [0.2, 0.25) is 0 Å². The number of nitrogens with two attached hydrogens (primary N) is 1. The number of halogens is 1. The highest BCUT2D eigenvalue weighted by atomic mass is 35.5. The lowest BCUT2D eigenvalue weighted by atomic mass is 10.0. The number of rotatable bonds is 3. The molecule has 0 fully saturated rings. The fourth-order valence-electron chi connectivity index (χ4n) is 1.53. The summed E-state index contributed by atoms with van der Waals surface area (Å²) in [5.41, 5.74) is 7.34. The van der Waals surface area contributed by atoms with Crippen LogP contribution >= 0.6 is 11.6 Å². The van der Waals surface area contributed by atoms with Crippen LogP contribution in [0.2, 0.25) is 5.02 Å². The number of aromatic hydroxyl groups is 1. The largest absolute Gasteiger partial charge is 0.506 e. The fraction of sp³-hybridized carbons (Fsp3) is 0.455. The quantitative estimate of drug-likeness (QED) is 0.838. The Balaban J connectivity index is 3.42. The van der Waals surface area contributed by atoms with Gasteiger partial charge in [-0.3, -0.25) is 0 Å². The zero-order valence-corrected chi connectivity index (χ0v) is 9.93. The molecule has 1 aromatic rings. The van der Waals surface area contributed by atoms with Crippen LogP contribution in [0, 0.1) is 0 Å². The van der Waals surface area contributed by atoms with E-state index in [9.17, 15) is 5.11 Å². The average molecular weight is 230 g/mol. The van der Waals surface area contributed by atoms with Gasteiger partial charge in [-0.25, -0.2) is 0 Å². The monoisotopic (exact) mass is 229 g/mol. The first-order chi connectivity index (χ1) is 7.02. The van der Waals surface area contributed by atoms with Gasteiger partial charge in [-0.05, 0) is 25.0 Å². The van der Waals surface area contributed by atoms with Crippen LogP contribution in [0.25, 0.3) is 0 Å². The Morgan fingerprint density at radius 3 is 2.60 bits per heavy atom. The van der Waals surface area contributed by atoms with Crippen molar-refractivity contribution >= 4 is 11.6 Å². The van der Waals surface area contributed by atoms with E-state index in [-0.39, 0.29) is 16.8 Å². The molecular weight excluding hydrogens is 214 g/mol. The second-order valence-electron chi connectivity index (χ2n) is 3.46. The van der Waals surface area contributed by atoms with Crippen LogP contribution < -0.4 is 10.5 Å². The molecule has 84 valence electrons. The van der Waals surface area contributed by atoms with E-state index in [0.717, 1.165) is 12.0 Å². The predicted molar refractivity (Wildman–Crippen MR) is 61.6 cm³/mol. The van der Waals surface area contributed by atoms with E-state index < -0.39 is 0 Å². The Morgan fingerprint density at radius 2 is 2.20 bits per heavy atom. The third-order valence-electron chi connectivity index (χ3n) is 2.38. The van der Waals surface area contributed by atoms with Crippen molar-refractivity contribution in [3.05, 3.63) is 22.2 Å². The average Bonchev–Trinajstić information content (AvgIpc) is 2.21. The minimum absolute atomic E-state index is 0.0146. The van der Waals surface area contributed by atoms with Crippen molar-refractivity contribution in [3.8, 4) is 11.5 Å². The molecule has 0 aliphatic rings. The maximum atomic E-state index is 9.81. The van der Waals surface area contributed by atoms with Gasteiger partial charge in [0, 0.05) is 11.6 Å². The molecule has 0 aliphatic heterocycles. The molecule has 0 bridgehead atoms. The van der Waals surface area contributed by atoms with Gasteiger partial charge in [-0.2, -0.15) is 0 Å². The smallest absolute Gasteiger partial charge is 0.144 e. The van der Waals surface area contributed by atoms with Crippen LogP contribution in [0.5, 0.6) is 11.5 Å². The molecule has 4 heteroatoms. The highest BCUT2D eigenvalue weighted by Gasteiger charge is 2.17. The van der Waals surface area contributed by atoms with Crippen molar-refractivity contribution in [3.63, 3.8) is 0 Å². The summed E-state index contributed by atoms with van der Waals surface area (Å²) in [5.74, 6) is 0.543. The summed E-state index contributed by atoms with van der Waals surface area (Å²) in [5, 5.41) is 10.0. The number of phenols is 1. The van der Waals surface area contributed by atoms with Crippen molar-refractivity contribution in [2.75, 3.05) is 7.11 Å². The lowest BCUT2D eigenvalue weighted by Gasteiger charge is -2.16. The van der Waals surface area contributed by atoms with Crippen molar-refractivity contribution < 1.29 is 9.84 Å². The van der Waals surface area contributed by atoms with E-state index in [4.69, 9.17) is 22.1 Å². The first-order valence-electron chi connectivity index (χ1n) is 4.86. The van der Waals surface area contributed by atoms with Gasteiger partial charge in [0.05, 0.1) is 7.11 Å². The molecule has 3 nitrogen and oxygen atoms in total. The second-order valence-corrected chi connectivity index (χ2v) is 3.84. The standard InChI is InChI=1S/C11H16ClNO2/c1-4-7-5-8(6(2)13)10(14)9(12)11(7)15-3/h5-6,14H,4,13H2,1-3H3. The molecule has 0 saturated heterocycles. The summed E-state index contributed by atoms with van der Waals surface area (Å²) < 4.78 is 5.15. The normalized spacial score (nSPS) is 12.6. The summed E-state index contributed by atoms with van der Waals surface area (Å²) >= 11 is 6.00. The van der Waals surface area contributed by atoms with E-state index in [1.807, 2.05) is 13.0 Å². The molecule has 0 heterocycles. The van der Waals surface area contributed by atoms with Crippen LogP contribution in [-0.4, -0.2) is 12.2 Å². The SMILES string of the molecule is CCc1cc(C(C)N)c(O)c(Cl)c1OC. The lowest BCUT2D eigenvalue weighted by Crippen LogP contribution is -2.07. The van der Waals surface area contributed by atoms with E-state index >= 15 is 0 Å². The maximum absolute atomic E-state index is 9.81. The van der Waals surface area contributed by atoms with Crippen molar-refractivity contribution in [1.82, 2.24) is 0 Å². The lowest BCUT2D eigenvalue weighted by molar-refractivity contribution is 0.401. The van der Waals surface area contributed by atoms with Crippen molar-refractivity contribution in [2.45, 2.75) is 26.3 Å². The van der Waals surface area contributed by atoms with Gasteiger partial charge in [0.1, 0.15) is 16.5 Å². The highest BCUT2D eigenvalue weighted by molar-refractivity contribution is 6.33. The minimum atomic E-state index is -0.251. The Morgan fingerprint density at radius 1 is 1.60 bits per heavy atom. The van der Waals surface area contributed by atoms with Crippen molar-refractivity contribution in [2.24, 2.45) is 5.73 Å². The molecule has 0 radical (unpaired) electrons. The Labute approximate surface area is 94.8 Å². The first-order valence-corrected chi connectivity index (χ1v) is 5.24. The zero-order valence-electron chi connectivity index (χ0n) is 9.17. The summed E-state index contributed by atoms with van der Waals surface area (Å²) in [6.45, 7) is 3.80. The molecule has 0 aromatic heterocycles. The summed E-state index contributed by atoms with van der Waals surface area (Å²) in [6, 6.07) is 1.59. The van der Waals surface area contributed by atoms with E-state index in [0.29, 0.717) is 11.3 Å². The van der Waals surface area contributed by atoms with Crippen LogP contribution in [-0.2, 0) is 6.42 Å². The molecule has 0 spiro atoms. The van der Waals surface area contributed by atoms with Crippen LogP contribution in [0.15, 0.2) is 6.07 Å². The maximum Gasteiger partial charge on any atom is 0.144 e. The van der Waals surface area contributed by atoms with E-state index in [2.05, 4.69) is 0 Å². The van der Waals surface area contributed by atoms with E-state index in [1.54, 1.807) is 6.92 Å². The Kier molecular flexibility index (Phi) is 3.83. The molecule has 1 atom stereocenters. The van der Waals surface area contributed by atoms with E-state index in [1.165, 1.54) is 7.11 Å². The Hall–Kier alpha value is -0.930. The molecule has 0 saturated carbocycles. The second kappa shape index (κ2) is 4.73. The molecule has 1 rings (SSSR count). The minimum Gasteiger partial charge on any atom is -0.506 e. The van der Waals surface area contributed by atoms with Gasteiger partial charge in [-0.15, -0.1) is 0 Å². The third kappa shape index (κ3) is 2.19. The number of ether oxygens (including phenoxy) is 1. The van der Waals surface area contributed by atoms with Gasteiger partial charge in [-0.1, -0.05) is 18.5 Å². The number of benzene rings is 1. The summed E-state index contributed by atoms with van der Waals surface area (Å²) in [4.78, 5) is 0. The van der Waals surface area contributed by atoms with Crippen LogP contribution in [0.3, 0.4) is 0 Å². The summed E-state index contributed by atoms with van der Waals surface area (Å²) in [7, 11) is 1.53. The number of phenolic OH excluding ortho intramolecular Hbond substituents is 1. The Bertz CT molecular complexity index is 364. The molecule has 3 N–H and O–H groups in total. The van der Waals surface area contributed by atoms with Gasteiger partial charge < -0.3 is 15.6 Å². The molecule has 1 aromatic carbocycles. The first kappa shape index (κ1) is 12.1. The molecule has 0 aliphatic carbocycles. The molecule has 1 unspecified atom stereocenters. The van der Waals surface area contributed by atoms with Gasteiger partial charge >= 0.3 is 0 Å². The number of aryl methyl sites for hydroxylation is 1. The van der Waals surface area contributed by atoms with Crippen LogP contribution in [0.4, 0.5) is 0 Å². The molecule has 15 heavy (non-hydrogen) atoms. The molecular formula is C11H16ClNO2.